The molecule has 0 spiro atoms. The maximum Gasteiger partial charge on any atom is 0.293 e. The van der Waals surface area contributed by atoms with Gasteiger partial charge < -0.3 is 9.80 Å². The first kappa shape index (κ1) is 19.4. The predicted molar refractivity (Wildman–Crippen MR) is 114 cm³/mol. The van der Waals surface area contributed by atoms with E-state index < -0.39 is 0 Å². The first-order valence-electron chi connectivity index (χ1n) is 10.5. The Hall–Kier alpha value is -2.58. The molecule has 0 bridgehead atoms. The summed E-state index contributed by atoms with van der Waals surface area (Å²) in [6, 6.07) is 10.6. The number of nitrogens with zero attached hydrogens (tertiary/aromatic N) is 5. The van der Waals surface area contributed by atoms with E-state index in [2.05, 4.69) is 15.0 Å². The zero-order chi connectivity index (χ0) is 20.5. The molecule has 2 saturated heterocycles. The van der Waals surface area contributed by atoms with E-state index in [0.29, 0.717) is 17.6 Å². The molecule has 3 aromatic rings. The molecular weight excluding hydrogens is 401 g/mol. The highest BCUT2D eigenvalue weighted by atomic mass is 32.1. The van der Waals surface area contributed by atoms with Crippen LogP contribution in [0.4, 0.5) is 4.39 Å². The van der Waals surface area contributed by atoms with Crippen molar-refractivity contribution in [2.24, 2.45) is 0 Å². The SMILES string of the molecule is O=C(c1nc(-c2cccs2)n(-c2ccc(F)cc2)n1)N1CCC(N2CCCC2)CC1. The number of rotatable bonds is 4. The highest BCUT2D eigenvalue weighted by Gasteiger charge is 2.30. The minimum absolute atomic E-state index is 0.131. The number of aromatic nitrogens is 3. The second-order valence-corrected chi connectivity index (χ2v) is 8.84. The Labute approximate surface area is 178 Å². The number of likely N-dealkylation sites (tertiary alicyclic amines) is 2. The van der Waals surface area contributed by atoms with Crippen molar-refractivity contribution in [2.75, 3.05) is 26.2 Å². The molecular formula is C22H24FN5OS. The predicted octanol–water partition coefficient (Wildman–Crippen LogP) is 3.84. The summed E-state index contributed by atoms with van der Waals surface area (Å²) in [7, 11) is 0. The van der Waals surface area contributed by atoms with Crippen LogP contribution in [0.5, 0.6) is 0 Å². The van der Waals surface area contributed by atoms with E-state index in [0.717, 1.165) is 30.8 Å². The summed E-state index contributed by atoms with van der Waals surface area (Å²) in [5.74, 6) is 0.358. The average molecular weight is 426 g/mol. The van der Waals surface area contributed by atoms with Crippen LogP contribution in [-0.4, -0.2) is 62.7 Å². The molecule has 0 saturated carbocycles. The summed E-state index contributed by atoms with van der Waals surface area (Å²) in [6.07, 6.45) is 4.58. The van der Waals surface area contributed by atoms with Crippen LogP contribution >= 0.6 is 11.3 Å². The van der Waals surface area contributed by atoms with Crippen molar-refractivity contribution in [1.82, 2.24) is 24.6 Å². The Morgan fingerprint density at radius 1 is 1.03 bits per heavy atom. The molecule has 0 unspecified atom stereocenters. The smallest absolute Gasteiger partial charge is 0.293 e. The van der Waals surface area contributed by atoms with Gasteiger partial charge in [-0.25, -0.2) is 14.1 Å². The van der Waals surface area contributed by atoms with Gasteiger partial charge in [0.2, 0.25) is 5.82 Å². The molecule has 1 aromatic carbocycles. The molecule has 0 aliphatic carbocycles. The lowest BCUT2D eigenvalue weighted by Gasteiger charge is -2.36. The number of thiophene rings is 1. The van der Waals surface area contributed by atoms with Crippen LogP contribution in [0.3, 0.4) is 0 Å². The van der Waals surface area contributed by atoms with Gasteiger partial charge in [-0.1, -0.05) is 6.07 Å². The second kappa shape index (κ2) is 8.28. The maximum absolute atomic E-state index is 13.4. The molecule has 6 nitrogen and oxygen atoms in total. The van der Waals surface area contributed by atoms with Crippen molar-refractivity contribution >= 4 is 17.2 Å². The minimum atomic E-state index is -0.311. The van der Waals surface area contributed by atoms with Gasteiger partial charge in [0, 0.05) is 19.1 Å². The standard InChI is InChI=1S/C22H24FN5OS/c23-16-5-7-18(8-6-16)28-21(19-4-3-15-30-19)24-20(25-28)22(29)27-13-9-17(10-14-27)26-11-1-2-12-26/h3-8,15,17H,1-2,9-14H2. The van der Waals surface area contributed by atoms with Crippen molar-refractivity contribution in [1.29, 1.82) is 0 Å². The Morgan fingerprint density at radius 3 is 2.43 bits per heavy atom. The number of piperidine rings is 1. The molecule has 4 heterocycles. The summed E-state index contributed by atoms with van der Waals surface area (Å²) in [4.78, 5) is 23.1. The summed E-state index contributed by atoms with van der Waals surface area (Å²) in [5.41, 5.74) is 0.680. The van der Waals surface area contributed by atoms with Crippen molar-refractivity contribution in [3.63, 3.8) is 0 Å². The largest absolute Gasteiger partial charge is 0.336 e. The molecule has 0 N–H and O–H groups in total. The van der Waals surface area contributed by atoms with Gasteiger partial charge in [0.05, 0.1) is 10.6 Å². The van der Waals surface area contributed by atoms with Crippen LogP contribution in [-0.2, 0) is 0 Å². The Morgan fingerprint density at radius 2 is 1.77 bits per heavy atom. The van der Waals surface area contributed by atoms with Crippen molar-refractivity contribution in [3.05, 3.63) is 53.4 Å². The van der Waals surface area contributed by atoms with E-state index in [4.69, 9.17) is 0 Å². The number of hydrogen-bond donors (Lipinski definition) is 0. The number of amides is 1. The second-order valence-electron chi connectivity index (χ2n) is 7.89. The highest BCUT2D eigenvalue weighted by Crippen LogP contribution is 2.27. The van der Waals surface area contributed by atoms with Crippen LogP contribution < -0.4 is 0 Å². The first-order valence-corrected chi connectivity index (χ1v) is 11.4. The number of benzene rings is 1. The molecule has 2 aliphatic rings. The van der Waals surface area contributed by atoms with Crippen molar-refractivity contribution in [2.45, 2.75) is 31.7 Å². The zero-order valence-corrected chi connectivity index (χ0v) is 17.5. The molecule has 156 valence electrons. The molecule has 1 amide bonds. The van der Waals surface area contributed by atoms with Crippen LogP contribution in [0, 0.1) is 5.82 Å². The molecule has 0 atom stereocenters. The van der Waals surface area contributed by atoms with Crippen LogP contribution in [0.1, 0.15) is 36.3 Å². The van der Waals surface area contributed by atoms with E-state index in [1.54, 1.807) is 16.8 Å². The molecule has 2 aromatic heterocycles. The fraction of sp³-hybridized carbons (Fsp3) is 0.409. The third-order valence-corrected chi connectivity index (χ3v) is 6.89. The normalized spacial score (nSPS) is 18.2. The summed E-state index contributed by atoms with van der Waals surface area (Å²) < 4.78 is 15.0. The first-order chi connectivity index (χ1) is 14.7. The summed E-state index contributed by atoms with van der Waals surface area (Å²) in [6.45, 7) is 3.84. The van der Waals surface area contributed by atoms with Gasteiger partial charge in [0.1, 0.15) is 5.82 Å². The summed E-state index contributed by atoms with van der Waals surface area (Å²) in [5, 5.41) is 6.49. The van der Waals surface area contributed by atoms with Crippen molar-refractivity contribution < 1.29 is 9.18 Å². The fourth-order valence-corrected chi connectivity index (χ4v) is 5.11. The van der Waals surface area contributed by atoms with Crippen LogP contribution in [0.15, 0.2) is 41.8 Å². The highest BCUT2D eigenvalue weighted by molar-refractivity contribution is 7.13. The Kier molecular flexibility index (Phi) is 5.35. The molecule has 30 heavy (non-hydrogen) atoms. The van der Waals surface area contributed by atoms with Gasteiger partial charge in [-0.05, 0) is 74.5 Å². The summed E-state index contributed by atoms with van der Waals surface area (Å²) >= 11 is 1.54. The van der Waals surface area contributed by atoms with E-state index in [9.17, 15) is 9.18 Å². The van der Waals surface area contributed by atoms with Gasteiger partial charge >= 0.3 is 0 Å². The van der Waals surface area contributed by atoms with Gasteiger partial charge in [-0.15, -0.1) is 16.4 Å². The van der Waals surface area contributed by atoms with E-state index in [1.165, 1.54) is 49.4 Å². The van der Waals surface area contributed by atoms with Gasteiger partial charge in [-0.3, -0.25) is 4.79 Å². The van der Waals surface area contributed by atoms with E-state index in [1.807, 2.05) is 22.4 Å². The van der Waals surface area contributed by atoms with Gasteiger partial charge in [0.15, 0.2) is 5.82 Å². The number of halogens is 1. The van der Waals surface area contributed by atoms with E-state index in [-0.39, 0.29) is 17.5 Å². The topological polar surface area (TPSA) is 54.3 Å². The number of carbonyl (C=O) groups is 1. The quantitative estimate of drug-likeness (QED) is 0.637. The third kappa shape index (κ3) is 3.77. The molecule has 5 rings (SSSR count). The van der Waals surface area contributed by atoms with E-state index >= 15 is 0 Å². The van der Waals surface area contributed by atoms with Crippen LogP contribution in [0.25, 0.3) is 16.4 Å². The van der Waals surface area contributed by atoms with Gasteiger partial charge in [0.25, 0.3) is 5.91 Å². The Balaban J connectivity index is 1.38. The lowest BCUT2D eigenvalue weighted by Crippen LogP contribution is -2.46. The van der Waals surface area contributed by atoms with Crippen LogP contribution in [0.2, 0.25) is 0 Å². The molecule has 8 heteroatoms. The number of carbonyl (C=O) groups excluding carboxylic acids is 1. The molecule has 2 aliphatic heterocycles. The average Bonchev–Trinajstić information content (AvgIpc) is 3.55. The monoisotopic (exact) mass is 425 g/mol. The lowest BCUT2D eigenvalue weighted by molar-refractivity contribution is 0.0632. The lowest BCUT2D eigenvalue weighted by atomic mass is 10.0. The molecule has 2 fully saturated rings. The minimum Gasteiger partial charge on any atom is -0.336 e. The fourth-order valence-electron chi connectivity index (χ4n) is 4.41. The third-order valence-electron chi connectivity index (χ3n) is 6.02. The zero-order valence-electron chi connectivity index (χ0n) is 16.7. The maximum atomic E-state index is 13.4. The van der Waals surface area contributed by atoms with Gasteiger partial charge in [-0.2, -0.15) is 0 Å². The Bertz CT molecular complexity index is 1000. The number of hydrogen-bond acceptors (Lipinski definition) is 5. The van der Waals surface area contributed by atoms with Crippen molar-refractivity contribution in [3.8, 4) is 16.4 Å². The molecule has 0 radical (unpaired) electrons.